The Bertz CT molecular complexity index is 744. The number of nitrogens with one attached hydrogen (secondary N) is 1. The van der Waals surface area contributed by atoms with Crippen LogP contribution >= 0.6 is 0 Å². The van der Waals surface area contributed by atoms with Gasteiger partial charge in [-0.05, 0) is 32.4 Å². The van der Waals surface area contributed by atoms with Gasteiger partial charge in [0, 0.05) is 10.9 Å². The molecule has 2 aromatic rings. The summed E-state index contributed by atoms with van der Waals surface area (Å²) in [6.45, 7) is 5.73. The van der Waals surface area contributed by atoms with Gasteiger partial charge >= 0.3 is 11.8 Å². The maximum absolute atomic E-state index is 11.1. The fourth-order valence-corrected chi connectivity index (χ4v) is 2.15. The lowest BCUT2D eigenvalue weighted by Crippen LogP contribution is -2.33. The molecule has 0 unspecified atom stereocenters. The molecular weight excluding hydrogens is 270 g/mol. The van der Waals surface area contributed by atoms with E-state index in [9.17, 15) is 9.59 Å². The molecule has 0 atom stereocenters. The number of nitrogens with two attached hydrogens (primary N) is 1. The largest absolute Gasteiger partial charge is 0.454 e. The van der Waals surface area contributed by atoms with Crippen LogP contribution in [0.1, 0.15) is 30.7 Å². The molecule has 3 N–H and O–H groups in total. The number of aryl methyl sites for hydroxylation is 2. The molecule has 1 heterocycles. The summed E-state index contributed by atoms with van der Waals surface area (Å²) in [6.07, 6.45) is 0.766. The van der Waals surface area contributed by atoms with E-state index in [1.165, 1.54) is 0 Å². The molecule has 1 aromatic heterocycles. The first-order valence-electron chi connectivity index (χ1n) is 6.60. The monoisotopic (exact) mass is 287 g/mol. The second-order valence-corrected chi connectivity index (χ2v) is 4.77. The summed E-state index contributed by atoms with van der Waals surface area (Å²) < 4.78 is 5.80. The molecule has 6 nitrogen and oxygen atoms in total. The lowest BCUT2D eigenvalue weighted by atomic mass is 10.0. The van der Waals surface area contributed by atoms with E-state index in [1.54, 1.807) is 6.92 Å². The van der Waals surface area contributed by atoms with Crippen molar-refractivity contribution in [3.63, 3.8) is 0 Å². The molecule has 0 saturated carbocycles. The van der Waals surface area contributed by atoms with Gasteiger partial charge in [-0.1, -0.05) is 18.6 Å². The van der Waals surface area contributed by atoms with Gasteiger partial charge in [-0.3, -0.25) is 9.59 Å². The van der Waals surface area contributed by atoms with Crippen LogP contribution in [-0.2, 0) is 16.0 Å². The Kier molecular flexibility index (Phi) is 4.07. The van der Waals surface area contributed by atoms with Gasteiger partial charge in [0.05, 0.1) is 0 Å². The van der Waals surface area contributed by atoms with Crippen LogP contribution in [0.3, 0.4) is 0 Å². The molecule has 110 valence electrons. The number of furan rings is 1. The van der Waals surface area contributed by atoms with Crippen LogP contribution in [-0.4, -0.2) is 17.5 Å². The van der Waals surface area contributed by atoms with Crippen LogP contribution in [0.5, 0.6) is 0 Å². The average molecular weight is 287 g/mol. The van der Waals surface area contributed by atoms with Crippen LogP contribution in [0.15, 0.2) is 27.7 Å². The third-order valence-corrected chi connectivity index (χ3v) is 3.18. The first-order valence-corrected chi connectivity index (χ1v) is 6.60. The van der Waals surface area contributed by atoms with E-state index >= 15 is 0 Å². The van der Waals surface area contributed by atoms with Crippen LogP contribution in [0.2, 0.25) is 0 Å². The van der Waals surface area contributed by atoms with Crippen molar-refractivity contribution in [2.45, 2.75) is 27.2 Å². The Morgan fingerprint density at radius 3 is 2.71 bits per heavy atom. The van der Waals surface area contributed by atoms with Gasteiger partial charge in [0.1, 0.15) is 11.3 Å². The second kappa shape index (κ2) is 5.78. The number of hydrazone groups is 1. The Balaban J connectivity index is 2.43. The van der Waals surface area contributed by atoms with Gasteiger partial charge < -0.3 is 10.2 Å². The van der Waals surface area contributed by atoms with Gasteiger partial charge in [-0.25, -0.2) is 5.43 Å². The lowest BCUT2D eigenvalue weighted by molar-refractivity contribution is -0.137. The zero-order chi connectivity index (χ0) is 15.6. The highest BCUT2D eigenvalue weighted by atomic mass is 16.3. The molecule has 0 fully saturated rings. The number of primary amides is 1. The van der Waals surface area contributed by atoms with Crippen LogP contribution in [0, 0.1) is 6.92 Å². The van der Waals surface area contributed by atoms with E-state index in [1.807, 2.05) is 26.0 Å². The second-order valence-electron chi connectivity index (χ2n) is 4.77. The fraction of sp³-hybridized carbons (Fsp3) is 0.267. The Hall–Kier alpha value is -2.63. The fourth-order valence-electron chi connectivity index (χ4n) is 2.15. The van der Waals surface area contributed by atoms with E-state index in [0.717, 1.165) is 28.5 Å². The Morgan fingerprint density at radius 2 is 2.10 bits per heavy atom. The molecule has 0 spiro atoms. The molecule has 2 amide bonds. The van der Waals surface area contributed by atoms with Gasteiger partial charge in [-0.15, -0.1) is 0 Å². The first kappa shape index (κ1) is 14.8. The zero-order valence-corrected chi connectivity index (χ0v) is 12.2. The number of rotatable bonds is 3. The molecule has 2 rings (SSSR count). The number of fused-ring (bicyclic) bond motifs is 1. The molecular formula is C15H17N3O3. The number of hydrogen-bond donors (Lipinski definition) is 2. The molecule has 6 heteroatoms. The molecule has 21 heavy (non-hydrogen) atoms. The Labute approximate surface area is 122 Å². The summed E-state index contributed by atoms with van der Waals surface area (Å²) in [5.74, 6) is -1.44. The lowest BCUT2D eigenvalue weighted by Gasteiger charge is -2.00. The quantitative estimate of drug-likeness (QED) is 0.510. The number of amides is 2. The third-order valence-electron chi connectivity index (χ3n) is 3.18. The SMILES string of the molecule is CCc1c(/C(C)=N/NC(=O)C(N)=O)oc2ccc(C)cc12. The molecule has 0 aliphatic heterocycles. The minimum absolute atomic E-state index is 0.482. The van der Waals surface area contributed by atoms with Crippen molar-refractivity contribution < 1.29 is 14.0 Å². The van der Waals surface area contributed by atoms with Gasteiger partial charge in [0.15, 0.2) is 5.76 Å². The number of nitrogens with zero attached hydrogens (tertiary/aromatic N) is 1. The van der Waals surface area contributed by atoms with E-state index in [4.69, 9.17) is 10.2 Å². The number of carbonyl (C=O) groups is 2. The maximum atomic E-state index is 11.1. The van der Waals surface area contributed by atoms with E-state index < -0.39 is 11.8 Å². The van der Waals surface area contributed by atoms with E-state index in [0.29, 0.717) is 11.5 Å². The molecule has 0 aliphatic carbocycles. The summed E-state index contributed by atoms with van der Waals surface area (Å²) in [7, 11) is 0. The molecule has 0 radical (unpaired) electrons. The highest BCUT2D eigenvalue weighted by Gasteiger charge is 2.16. The highest BCUT2D eigenvalue weighted by molar-refractivity contribution is 6.34. The molecule has 0 aliphatic rings. The zero-order valence-electron chi connectivity index (χ0n) is 12.2. The summed E-state index contributed by atoms with van der Waals surface area (Å²) >= 11 is 0. The van der Waals surface area contributed by atoms with Crippen molar-refractivity contribution in [2.75, 3.05) is 0 Å². The standard InChI is InChI=1S/C15H17N3O3/c1-4-10-11-7-8(2)5-6-12(11)21-13(10)9(3)17-18-15(20)14(16)19/h5-7H,4H2,1-3H3,(H2,16,19)(H,18,20)/b17-9+. The molecule has 0 bridgehead atoms. The molecule has 0 saturated heterocycles. The van der Waals surface area contributed by atoms with Crippen molar-refractivity contribution in [2.24, 2.45) is 10.8 Å². The number of benzene rings is 1. The van der Waals surface area contributed by atoms with Crippen LogP contribution in [0.4, 0.5) is 0 Å². The minimum atomic E-state index is -1.08. The van der Waals surface area contributed by atoms with Gasteiger partial charge in [0.25, 0.3) is 0 Å². The average Bonchev–Trinajstić information content (AvgIpc) is 2.81. The topological polar surface area (TPSA) is 97.7 Å². The highest BCUT2D eigenvalue weighted by Crippen LogP contribution is 2.27. The van der Waals surface area contributed by atoms with E-state index in [2.05, 4.69) is 16.6 Å². The van der Waals surface area contributed by atoms with Crippen LogP contribution < -0.4 is 11.2 Å². The molecule has 1 aromatic carbocycles. The summed E-state index contributed by atoms with van der Waals surface area (Å²) in [5, 5.41) is 4.90. The smallest absolute Gasteiger partial charge is 0.329 e. The summed E-state index contributed by atoms with van der Waals surface area (Å²) in [4.78, 5) is 21.8. The Morgan fingerprint density at radius 1 is 1.38 bits per heavy atom. The maximum Gasteiger partial charge on any atom is 0.329 e. The number of carbonyl (C=O) groups excluding carboxylic acids is 2. The third kappa shape index (κ3) is 2.94. The van der Waals surface area contributed by atoms with E-state index in [-0.39, 0.29) is 0 Å². The van der Waals surface area contributed by atoms with Gasteiger partial charge in [-0.2, -0.15) is 5.10 Å². The summed E-state index contributed by atoms with van der Waals surface area (Å²) in [6, 6.07) is 5.93. The number of hydrogen-bond acceptors (Lipinski definition) is 4. The van der Waals surface area contributed by atoms with Crippen molar-refractivity contribution in [3.8, 4) is 0 Å². The summed E-state index contributed by atoms with van der Waals surface area (Å²) in [5.41, 5.74) is 10.4. The first-order chi connectivity index (χ1) is 9.93. The van der Waals surface area contributed by atoms with Crippen molar-refractivity contribution in [1.82, 2.24) is 5.43 Å². The van der Waals surface area contributed by atoms with Crippen molar-refractivity contribution in [1.29, 1.82) is 0 Å². The minimum Gasteiger partial charge on any atom is -0.454 e. The van der Waals surface area contributed by atoms with Gasteiger partial charge in [0.2, 0.25) is 0 Å². The van der Waals surface area contributed by atoms with Crippen molar-refractivity contribution >= 4 is 28.5 Å². The predicted octanol–water partition coefficient (Wildman–Crippen LogP) is 1.63. The normalized spacial score (nSPS) is 11.7. The predicted molar refractivity (Wildman–Crippen MR) is 79.9 cm³/mol. The van der Waals surface area contributed by atoms with Crippen molar-refractivity contribution in [3.05, 3.63) is 35.1 Å². The van der Waals surface area contributed by atoms with Crippen LogP contribution in [0.25, 0.3) is 11.0 Å².